The number of amides is 1. The second-order valence-corrected chi connectivity index (χ2v) is 5.47. The minimum absolute atomic E-state index is 0.151. The molecule has 1 atom stereocenters. The van der Waals surface area contributed by atoms with Gasteiger partial charge in [0.15, 0.2) is 11.6 Å². The van der Waals surface area contributed by atoms with Crippen LogP contribution in [-0.4, -0.2) is 27.9 Å². The Labute approximate surface area is 146 Å². The van der Waals surface area contributed by atoms with Gasteiger partial charge in [-0.15, -0.1) is 0 Å². The summed E-state index contributed by atoms with van der Waals surface area (Å²) in [6, 6.07) is 7.09. The molecule has 0 aromatic heterocycles. The number of benzene rings is 2. The number of carbonyl (C=O) groups excluding carboxylic acids is 1. The van der Waals surface area contributed by atoms with Crippen LogP contribution in [0.5, 0.6) is 0 Å². The Kier molecular flexibility index (Phi) is 5.94. The van der Waals surface area contributed by atoms with Gasteiger partial charge in [0.25, 0.3) is 5.69 Å². The summed E-state index contributed by atoms with van der Waals surface area (Å²) in [4.78, 5) is 33.7. The molecule has 7 nitrogen and oxygen atoms in total. The molecule has 0 bridgehead atoms. The molecule has 0 aliphatic rings. The average Bonchev–Trinajstić information content (AvgIpc) is 2.57. The van der Waals surface area contributed by atoms with Gasteiger partial charge in [-0.25, -0.2) is 13.6 Å². The van der Waals surface area contributed by atoms with Crippen molar-refractivity contribution in [2.45, 2.75) is 18.9 Å². The van der Waals surface area contributed by atoms with Gasteiger partial charge in [-0.3, -0.25) is 14.9 Å². The lowest BCUT2D eigenvalue weighted by molar-refractivity contribution is -0.385. The number of para-hydroxylation sites is 1. The standard InChI is InChI=1S/C17H14F2N2O5/c18-12-6-5-10(7-13(12)19)8-16(22)20-14(17(23)24)9-11-3-1-2-4-15(11)21(25)26/h1-7,14H,8-9H2,(H,20,22)(H,23,24)/t14-/m0/s1. The van der Waals surface area contributed by atoms with Crippen LogP contribution in [0.4, 0.5) is 14.5 Å². The summed E-state index contributed by atoms with van der Waals surface area (Å²) < 4.78 is 26.1. The second-order valence-electron chi connectivity index (χ2n) is 5.47. The highest BCUT2D eigenvalue weighted by Gasteiger charge is 2.24. The number of hydrogen-bond donors (Lipinski definition) is 2. The van der Waals surface area contributed by atoms with Crippen LogP contribution < -0.4 is 5.32 Å². The zero-order chi connectivity index (χ0) is 19.3. The highest BCUT2D eigenvalue weighted by atomic mass is 19.2. The number of nitrogens with zero attached hydrogens (tertiary/aromatic N) is 1. The molecule has 2 rings (SSSR count). The first-order valence-electron chi connectivity index (χ1n) is 7.46. The molecule has 0 aliphatic carbocycles. The predicted molar refractivity (Wildman–Crippen MR) is 86.4 cm³/mol. The number of nitro groups is 1. The number of halogens is 2. The topological polar surface area (TPSA) is 110 Å². The molecule has 0 radical (unpaired) electrons. The van der Waals surface area contributed by atoms with E-state index >= 15 is 0 Å². The smallest absolute Gasteiger partial charge is 0.326 e. The molecule has 0 saturated carbocycles. The summed E-state index contributed by atoms with van der Waals surface area (Å²) in [6.45, 7) is 0. The van der Waals surface area contributed by atoms with Crippen molar-refractivity contribution in [3.8, 4) is 0 Å². The number of carbonyl (C=O) groups is 2. The van der Waals surface area contributed by atoms with Gasteiger partial charge in [-0.05, 0) is 17.7 Å². The van der Waals surface area contributed by atoms with Crippen molar-refractivity contribution < 1.29 is 28.4 Å². The maximum atomic E-state index is 13.2. The predicted octanol–water partition coefficient (Wildman–Crippen LogP) is 2.23. The van der Waals surface area contributed by atoms with E-state index in [0.29, 0.717) is 0 Å². The van der Waals surface area contributed by atoms with Crippen LogP contribution in [0.15, 0.2) is 42.5 Å². The van der Waals surface area contributed by atoms with Gasteiger partial charge >= 0.3 is 5.97 Å². The van der Waals surface area contributed by atoms with Crippen molar-refractivity contribution in [2.24, 2.45) is 0 Å². The molecule has 2 aromatic carbocycles. The monoisotopic (exact) mass is 364 g/mol. The molecule has 2 aromatic rings. The Bertz CT molecular complexity index is 857. The van der Waals surface area contributed by atoms with Crippen LogP contribution in [0.1, 0.15) is 11.1 Å². The van der Waals surface area contributed by atoms with Crippen molar-refractivity contribution in [3.05, 3.63) is 75.3 Å². The number of hydrogen-bond acceptors (Lipinski definition) is 4. The Morgan fingerprint density at radius 3 is 2.46 bits per heavy atom. The third-order valence-corrected chi connectivity index (χ3v) is 3.59. The van der Waals surface area contributed by atoms with Gasteiger partial charge in [-0.1, -0.05) is 24.3 Å². The van der Waals surface area contributed by atoms with E-state index in [4.69, 9.17) is 0 Å². The first-order valence-corrected chi connectivity index (χ1v) is 7.46. The van der Waals surface area contributed by atoms with E-state index in [0.717, 1.165) is 12.1 Å². The van der Waals surface area contributed by atoms with Gasteiger partial charge in [0, 0.05) is 18.1 Å². The van der Waals surface area contributed by atoms with Crippen LogP contribution in [0.25, 0.3) is 0 Å². The molecule has 0 unspecified atom stereocenters. The maximum absolute atomic E-state index is 13.2. The quantitative estimate of drug-likeness (QED) is 0.578. The zero-order valence-electron chi connectivity index (χ0n) is 13.3. The molecule has 0 aliphatic heterocycles. The summed E-state index contributed by atoms with van der Waals surface area (Å²) >= 11 is 0. The number of nitrogens with one attached hydrogen (secondary N) is 1. The van der Waals surface area contributed by atoms with E-state index in [1.54, 1.807) is 0 Å². The summed E-state index contributed by atoms with van der Waals surface area (Å²) in [5, 5.41) is 22.5. The highest BCUT2D eigenvalue weighted by molar-refractivity contribution is 5.85. The third-order valence-electron chi connectivity index (χ3n) is 3.59. The lowest BCUT2D eigenvalue weighted by Gasteiger charge is -2.15. The number of rotatable bonds is 7. The third kappa shape index (κ3) is 4.82. The fourth-order valence-corrected chi connectivity index (χ4v) is 2.36. The minimum atomic E-state index is -1.41. The summed E-state index contributed by atoms with van der Waals surface area (Å²) in [7, 11) is 0. The Morgan fingerprint density at radius 2 is 1.85 bits per heavy atom. The first-order chi connectivity index (χ1) is 12.3. The van der Waals surface area contributed by atoms with Crippen LogP contribution in [-0.2, 0) is 22.4 Å². The van der Waals surface area contributed by atoms with Gasteiger partial charge in [0.1, 0.15) is 6.04 Å². The second kappa shape index (κ2) is 8.15. The van der Waals surface area contributed by atoms with Crippen LogP contribution in [0.3, 0.4) is 0 Å². The molecule has 0 saturated heterocycles. The van der Waals surface area contributed by atoms with Gasteiger partial charge in [0.2, 0.25) is 5.91 Å². The van der Waals surface area contributed by atoms with Crippen molar-refractivity contribution in [2.75, 3.05) is 0 Å². The molecule has 0 spiro atoms. The lowest BCUT2D eigenvalue weighted by atomic mass is 10.0. The van der Waals surface area contributed by atoms with Crippen molar-refractivity contribution in [1.29, 1.82) is 0 Å². The molecule has 26 heavy (non-hydrogen) atoms. The zero-order valence-corrected chi connectivity index (χ0v) is 13.3. The van der Waals surface area contributed by atoms with Crippen LogP contribution in [0.2, 0.25) is 0 Å². The van der Waals surface area contributed by atoms with E-state index < -0.39 is 34.5 Å². The van der Waals surface area contributed by atoms with Crippen molar-refractivity contribution in [1.82, 2.24) is 5.32 Å². The number of carboxylic acid groups (broad SMARTS) is 1. The molecular weight excluding hydrogens is 350 g/mol. The van der Waals surface area contributed by atoms with Crippen molar-refractivity contribution in [3.63, 3.8) is 0 Å². The van der Waals surface area contributed by atoms with E-state index in [9.17, 15) is 33.6 Å². The number of aliphatic carboxylic acids is 1. The van der Waals surface area contributed by atoms with Gasteiger partial charge in [0.05, 0.1) is 11.3 Å². The van der Waals surface area contributed by atoms with Crippen LogP contribution >= 0.6 is 0 Å². The molecular formula is C17H14F2N2O5. The molecule has 1 amide bonds. The highest BCUT2D eigenvalue weighted by Crippen LogP contribution is 2.19. The van der Waals surface area contributed by atoms with Crippen LogP contribution in [0, 0.1) is 21.7 Å². The van der Waals surface area contributed by atoms with E-state index in [1.165, 1.54) is 30.3 Å². The van der Waals surface area contributed by atoms with Gasteiger partial charge < -0.3 is 10.4 Å². The Morgan fingerprint density at radius 1 is 1.15 bits per heavy atom. The summed E-state index contributed by atoms with van der Waals surface area (Å²) in [6.07, 6.45) is -0.659. The average molecular weight is 364 g/mol. The minimum Gasteiger partial charge on any atom is -0.480 e. The first kappa shape index (κ1) is 19.0. The Hall–Kier alpha value is -3.36. The van der Waals surface area contributed by atoms with E-state index in [1.807, 2.05) is 0 Å². The van der Waals surface area contributed by atoms with E-state index in [2.05, 4.69) is 5.32 Å². The summed E-state index contributed by atoms with van der Waals surface area (Å²) in [5.74, 6) is -4.29. The largest absolute Gasteiger partial charge is 0.480 e. The normalized spacial score (nSPS) is 11.6. The molecule has 9 heteroatoms. The lowest BCUT2D eigenvalue weighted by Crippen LogP contribution is -2.43. The number of nitro benzene ring substituents is 1. The maximum Gasteiger partial charge on any atom is 0.326 e. The Balaban J connectivity index is 2.10. The molecule has 2 N–H and O–H groups in total. The fourth-order valence-electron chi connectivity index (χ4n) is 2.36. The van der Waals surface area contributed by atoms with Crippen molar-refractivity contribution >= 4 is 17.6 Å². The fraction of sp³-hybridized carbons (Fsp3) is 0.176. The molecule has 0 heterocycles. The summed E-state index contributed by atoms with van der Waals surface area (Å²) in [5.41, 5.74) is 0.0582. The SMILES string of the molecule is O=C(Cc1ccc(F)c(F)c1)N[C@@H](Cc1ccccc1[N+](=O)[O-])C(=O)O. The molecule has 0 fully saturated rings. The van der Waals surface area contributed by atoms with Gasteiger partial charge in [-0.2, -0.15) is 0 Å². The van der Waals surface area contributed by atoms with E-state index in [-0.39, 0.29) is 29.7 Å². The molecule has 136 valence electrons. The number of carboxylic acids is 1.